The lowest BCUT2D eigenvalue weighted by atomic mass is 9.99. The summed E-state index contributed by atoms with van der Waals surface area (Å²) in [7, 11) is 0. The van der Waals surface area contributed by atoms with Crippen molar-refractivity contribution in [2.24, 2.45) is 0 Å². The number of nitrogens with one attached hydrogen (secondary N) is 1. The van der Waals surface area contributed by atoms with E-state index in [-0.39, 0.29) is 5.57 Å². The van der Waals surface area contributed by atoms with Gasteiger partial charge in [-0.3, -0.25) is 4.79 Å². The Morgan fingerprint density at radius 2 is 1.68 bits per heavy atom. The van der Waals surface area contributed by atoms with Gasteiger partial charge in [-0.05, 0) is 74.6 Å². The third kappa shape index (κ3) is 5.93. The Kier molecular flexibility index (Phi) is 7.09. The molecule has 0 bridgehead atoms. The second-order valence-corrected chi connectivity index (χ2v) is 8.82. The van der Waals surface area contributed by atoms with Crippen LogP contribution in [0.15, 0.2) is 64.6 Å². The Morgan fingerprint density at radius 3 is 2.29 bits per heavy atom. The van der Waals surface area contributed by atoms with Gasteiger partial charge in [0.25, 0.3) is 5.91 Å². The third-order valence-corrected chi connectivity index (χ3v) is 5.80. The van der Waals surface area contributed by atoms with Crippen molar-refractivity contribution in [3.05, 3.63) is 104 Å². The lowest BCUT2D eigenvalue weighted by Gasteiger charge is -2.10. The maximum absolute atomic E-state index is 12.6. The highest BCUT2D eigenvalue weighted by Gasteiger charge is 2.12. The zero-order valence-electron chi connectivity index (χ0n) is 18.2. The molecule has 0 aliphatic carbocycles. The number of carbonyl (C=O) groups is 1. The van der Waals surface area contributed by atoms with Crippen LogP contribution >= 0.6 is 15.9 Å². The number of nitriles is 1. The Morgan fingerprint density at radius 1 is 0.968 bits per heavy atom. The van der Waals surface area contributed by atoms with Gasteiger partial charge in [0.2, 0.25) is 0 Å². The average Bonchev–Trinajstić information content (AvgIpc) is 2.69. The molecule has 1 amide bonds. The molecule has 0 unspecified atom stereocenters. The number of amides is 1. The second kappa shape index (κ2) is 9.76. The summed E-state index contributed by atoms with van der Waals surface area (Å²) in [5.41, 5.74) is 8.56. The lowest BCUT2D eigenvalue weighted by molar-refractivity contribution is -0.112. The van der Waals surface area contributed by atoms with Crippen LogP contribution in [0.3, 0.4) is 0 Å². The Labute approximate surface area is 192 Å². The van der Waals surface area contributed by atoms with Gasteiger partial charge in [-0.1, -0.05) is 75.1 Å². The highest BCUT2D eigenvalue weighted by atomic mass is 79.9. The summed E-state index contributed by atoms with van der Waals surface area (Å²) in [4.78, 5) is 12.6. The summed E-state index contributed by atoms with van der Waals surface area (Å²) in [6.07, 6.45) is 2.43. The van der Waals surface area contributed by atoms with Gasteiger partial charge >= 0.3 is 0 Å². The third-order valence-electron chi connectivity index (χ3n) is 5.06. The van der Waals surface area contributed by atoms with Crippen molar-refractivity contribution in [1.29, 1.82) is 5.26 Å². The number of rotatable bonds is 5. The molecule has 0 saturated heterocycles. The van der Waals surface area contributed by atoms with Crippen LogP contribution in [0.1, 0.15) is 38.9 Å². The minimum atomic E-state index is -0.412. The van der Waals surface area contributed by atoms with Gasteiger partial charge in [-0.15, -0.1) is 0 Å². The van der Waals surface area contributed by atoms with E-state index >= 15 is 0 Å². The standard InChI is InChI=1S/C27H25BrN2O/c1-17-5-8-26(20(4)10-17)30-27(31)24(16-29)13-21-6-7-23(25(28)15-21)14-22-11-18(2)9-19(3)12-22/h5-13,15H,14H2,1-4H3,(H,30,31)/b24-13+. The topological polar surface area (TPSA) is 52.9 Å². The van der Waals surface area contributed by atoms with Crippen LogP contribution in [0.5, 0.6) is 0 Å². The minimum absolute atomic E-state index is 0.0638. The monoisotopic (exact) mass is 472 g/mol. The van der Waals surface area contributed by atoms with E-state index in [4.69, 9.17) is 0 Å². The number of aryl methyl sites for hydroxylation is 4. The van der Waals surface area contributed by atoms with Crippen LogP contribution < -0.4 is 5.32 Å². The SMILES string of the molecule is Cc1cc(C)cc(Cc2ccc(/C=C(\C#N)C(=O)Nc3ccc(C)cc3C)cc2Br)c1. The van der Waals surface area contributed by atoms with Crippen LogP contribution in [0.4, 0.5) is 5.69 Å². The molecule has 0 spiro atoms. The fraction of sp³-hybridized carbons (Fsp3) is 0.185. The van der Waals surface area contributed by atoms with E-state index in [1.54, 1.807) is 6.08 Å². The summed E-state index contributed by atoms with van der Waals surface area (Å²) >= 11 is 3.65. The van der Waals surface area contributed by atoms with Crippen LogP contribution in [0, 0.1) is 39.0 Å². The zero-order chi connectivity index (χ0) is 22.5. The van der Waals surface area contributed by atoms with E-state index in [2.05, 4.69) is 53.3 Å². The molecule has 156 valence electrons. The Bertz CT molecular complexity index is 1200. The van der Waals surface area contributed by atoms with Crippen LogP contribution in [-0.4, -0.2) is 5.91 Å². The second-order valence-electron chi connectivity index (χ2n) is 7.97. The summed E-state index contributed by atoms with van der Waals surface area (Å²) in [5, 5.41) is 12.4. The summed E-state index contributed by atoms with van der Waals surface area (Å²) in [5.74, 6) is -0.412. The minimum Gasteiger partial charge on any atom is -0.321 e. The summed E-state index contributed by atoms with van der Waals surface area (Å²) in [6.45, 7) is 8.14. The molecule has 0 aliphatic heterocycles. The van der Waals surface area contributed by atoms with E-state index in [1.807, 2.05) is 56.3 Å². The molecule has 0 radical (unpaired) electrons. The molecule has 3 rings (SSSR count). The molecular formula is C27H25BrN2O. The Hall–Kier alpha value is -3.16. The number of halogens is 1. The van der Waals surface area contributed by atoms with Gasteiger partial charge in [0.1, 0.15) is 11.6 Å². The predicted octanol–water partition coefficient (Wildman–Crippen LogP) is 6.82. The first-order valence-corrected chi connectivity index (χ1v) is 10.9. The molecule has 4 heteroatoms. The van der Waals surface area contributed by atoms with Gasteiger partial charge in [-0.2, -0.15) is 5.26 Å². The fourth-order valence-corrected chi connectivity index (χ4v) is 4.18. The number of carbonyl (C=O) groups excluding carboxylic acids is 1. The number of anilines is 1. The molecule has 3 aromatic rings. The van der Waals surface area contributed by atoms with Crippen molar-refractivity contribution in [1.82, 2.24) is 0 Å². The molecule has 1 N–H and O–H groups in total. The maximum Gasteiger partial charge on any atom is 0.266 e. The van der Waals surface area contributed by atoms with Crippen LogP contribution in [-0.2, 0) is 11.2 Å². The fourth-order valence-electron chi connectivity index (χ4n) is 3.65. The first kappa shape index (κ1) is 22.5. The van der Waals surface area contributed by atoms with E-state index in [1.165, 1.54) is 16.7 Å². The van der Waals surface area contributed by atoms with E-state index < -0.39 is 5.91 Å². The lowest BCUT2D eigenvalue weighted by Crippen LogP contribution is -2.14. The van der Waals surface area contributed by atoms with Gasteiger partial charge in [0.05, 0.1) is 0 Å². The van der Waals surface area contributed by atoms with Gasteiger partial charge in [-0.25, -0.2) is 0 Å². The molecule has 0 atom stereocenters. The molecule has 3 nitrogen and oxygen atoms in total. The zero-order valence-corrected chi connectivity index (χ0v) is 19.8. The molecule has 0 saturated carbocycles. The first-order chi connectivity index (χ1) is 14.7. The smallest absolute Gasteiger partial charge is 0.266 e. The number of hydrogen-bond donors (Lipinski definition) is 1. The summed E-state index contributed by atoms with van der Waals surface area (Å²) in [6, 6.07) is 20.3. The molecule has 0 aromatic heterocycles. The van der Waals surface area contributed by atoms with Gasteiger partial charge in [0.15, 0.2) is 0 Å². The first-order valence-electron chi connectivity index (χ1n) is 10.1. The molecule has 31 heavy (non-hydrogen) atoms. The summed E-state index contributed by atoms with van der Waals surface area (Å²) < 4.78 is 0.951. The molecule has 3 aromatic carbocycles. The maximum atomic E-state index is 12.6. The van der Waals surface area contributed by atoms with Crippen molar-refractivity contribution in [3.63, 3.8) is 0 Å². The molecule has 0 fully saturated rings. The number of nitrogens with zero attached hydrogens (tertiary/aromatic N) is 1. The van der Waals surface area contributed by atoms with E-state index in [9.17, 15) is 10.1 Å². The van der Waals surface area contributed by atoms with Gasteiger partial charge in [0, 0.05) is 10.2 Å². The van der Waals surface area contributed by atoms with E-state index in [0.717, 1.165) is 33.1 Å². The predicted molar refractivity (Wildman–Crippen MR) is 131 cm³/mol. The van der Waals surface area contributed by atoms with Crippen molar-refractivity contribution in [2.45, 2.75) is 34.1 Å². The quantitative estimate of drug-likeness (QED) is 0.327. The number of benzene rings is 3. The molecule has 0 heterocycles. The van der Waals surface area contributed by atoms with Crippen LogP contribution in [0.25, 0.3) is 6.08 Å². The normalized spacial score (nSPS) is 11.2. The number of hydrogen-bond acceptors (Lipinski definition) is 2. The average molecular weight is 473 g/mol. The van der Waals surface area contributed by atoms with Crippen LogP contribution in [0.2, 0.25) is 0 Å². The largest absolute Gasteiger partial charge is 0.321 e. The van der Waals surface area contributed by atoms with Gasteiger partial charge < -0.3 is 5.32 Å². The molecule has 0 aliphatic rings. The van der Waals surface area contributed by atoms with Crippen molar-refractivity contribution in [2.75, 3.05) is 5.32 Å². The molecular weight excluding hydrogens is 448 g/mol. The van der Waals surface area contributed by atoms with Crippen molar-refractivity contribution in [3.8, 4) is 6.07 Å². The highest BCUT2D eigenvalue weighted by molar-refractivity contribution is 9.10. The highest BCUT2D eigenvalue weighted by Crippen LogP contribution is 2.24. The van der Waals surface area contributed by atoms with E-state index in [0.29, 0.717) is 5.69 Å². The Balaban J connectivity index is 1.80. The van der Waals surface area contributed by atoms with Crippen molar-refractivity contribution < 1.29 is 4.79 Å². The van der Waals surface area contributed by atoms with Crippen molar-refractivity contribution >= 4 is 33.6 Å².